The molecule has 2 N–H and O–H groups in total. The van der Waals surface area contributed by atoms with Crippen molar-refractivity contribution in [1.29, 1.82) is 0 Å². The minimum atomic E-state index is -0.550. The van der Waals surface area contributed by atoms with Crippen LogP contribution in [0.25, 0.3) is 0 Å². The summed E-state index contributed by atoms with van der Waals surface area (Å²) in [5.41, 5.74) is 1.14. The van der Waals surface area contributed by atoms with Crippen LogP contribution in [0.15, 0.2) is 41.1 Å². The zero-order valence-corrected chi connectivity index (χ0v) is 12.3. The van der Waals surface area contributed by atoms with Crippen molar-refractivity contribution >= 4 is 17.5 Å². The topological polar surface area (TPSA) is 96.7 Å². The van der Waals surface area contributed by atoms with Crippen molar-refractivity contribution < 1.29 is 9.32 Å². The zero-order chi connectivity index (χ0) is 15.5. The molecule has 3 rings (SSSR count). The maximum atomic E-state index is 12.2. The van der Waals surface area contributed by atoms with Gasteiger partial charge in [-0.2, -0.15) is 10.1 Å². The summed E-state index contributed by atoms with van der Waals surface area (Å²) in [5, 5.41) is 13.7. The zero-order valence-electron chi connectivity index (χ0n) is 11.6. The number of nitrogens with zero attached hydrogens (tertiary/aromatic N) is 3. The van der Waals surface area contributed by atoms with E-state index in [1.807, 2.05) is 0 Å². The van der Waals surface area contributed by atoms with Crippen molar-refractivity contribution in [1.82, 2.24) is 25.7 Å². The molecule has 2 aromatic heterocycles. The quantitative estimate of drug-likeness (QED) is 0.769. The molecule has 0 fully saturated rings. The number of carbonyl (C=O) groups is 1. The Morgan fingerprint density at radius 1 is 1.32 bits per heavy atom. The molecular formula is C14H12ClN5O2. The highest BCUT2D eigenvalue weighted by Gasteiger charge is 2.23. The van der Waals surface area contributed by atoms with Crippen LogP contribution < -0.4 is 5.32 Å². The number of carbonyl (C=O) groups excluding carboxylic acids is 1. The van der Waals surface area contributed by atoms with E-state index >= 15 is 0 Å². The number of benzene rings is 1. The van der Waals surface area contributed by atoms with Gasteiger partial charge in [-0.05, 0) is 23.8 Å². The van der Waals surface area contributed by atoms with Crippen LogP contribution in [0, 0.1) is 6.92 Å². The van der Waals surface area contributed by atoms with Gasteiger partial charge in [0.2, 0.25) is 5.89 Å². The smallest absolute Gasteiger partial charge is 0.270 e. The summed E-state index contributed by atoms with van der Waals surface area (Å²) in [7, 11) is 0. The lowest BCUT2D eigenvalue weighted by Crippen LogP contribution is -2.30. The van der Waals surface area contributed by atoms with Crippen molar-refractivity contribution in [3.8, 4) is 0 Å². The maximum absolute atomic E-state index is 12.2. The molecular weight excluding hydrogens is 306 g/mol. The van der Waals surface area contributed by atoms with Gasteiger partial charge >= 0.3 is 0 Å². The van der Waals surface area contributed by atoms with E-state index in [1.165, 1.54) is 6.20 Å². The Hall–Kier alpha value is -2.67. The van der Waals surface area contributed by atoms with Crippen LogP contribution in [0.3, 0.4) is 0 Å². The fourth-order valence-electron chi connectivity index (χ4n) is 1.98. The highest BCUT2D eigenvalue weighted by molar-refractivity contribution is 6.30. The Balaban J connectivity index is 1.92. The second-order valence-corrected chi connectivity index (χ2v) is 5.04. The minimum absolute atomic E-state index is 0.320. The van der Waals surface area contributed by atoms with Gasteiger partial charge in [-0.1, -0.05) is 28.9 Å². The van der Waals surface area contributed by atoms with E-state index in [9.17, 15) is 4.79 Å². The molecule has 0 aliphatic rings. The molecule has 1 atom stereocenters. The minimum Gasteiger partial charge on any atom is -0.340 e. The molecule has 0 bridgehead atoms. The summed E-state index contributed by atoms with van der Waals surface area (Å²) < 4.78 is 5.00. The summed E-state index contributed by atoms with van der Waals surface area (Å²) in [4.78, 5) is 16.4. The molecule has 1 amide bonds. The summed E-state index contributed by atoms with van der Waals surface area (Å²) >= 11 is 5.90. The highest BCUT2D eigenvalue weighted by Crippen LogP contribution is 2.22. The third-order valence-electron chi connectivity index (χ3n) is 3.03. The number of aromatic nitrogens is 4. The number of hydrogen-bond donors (Lipinski definition) is 2. The molecule has 0 radical (unpaired) electrons. The number of aromatic amines is 1. The van der Waals surface area contributed by atoms with Crippen molar-refractivity contribution in [2.45, 2.75) is 13.0 Å². The van der Waals surface area contributed by atoms with Gasteiger partial charge in [0.1, 0.15) is 11.7 Å². The molecule has 0 spiro atoms. The summed E-state index contributed by atoms with van der Waals surface area (Å²) in [6.45, 7) is 1.69. The molecule has 0 saturated heterocycles. The van der Waals surface area contributed by atoms with E-state index in [4.69, 9.17) is 16.1 Å². The first kappa shape index (κ1) is 14.3. The molecule has 22 heavy (non-hydrogen) atoms. The standard InChI is InChI=1S/C14H12ClN5O2/c1-8-17-13(20-22-8)12(9-2-4-10(15)5-3-9)18-14(21)11-6-7-16-19-11/h2-7,12H,1H3,(H,16,19)(H,18,21). The van der Waals surface area contributed by atoms with Crippen LogP contribution in [0.1, 0.15) is 33.8 Å². The molecule has 0 aliphatic carbocycles. The number of nitrogens with one attached hydrogen (secondary N) is 2. The fourth-order valence-corrected chi connectivity index (χ4v) is 2.10. The maximum Gasteiger partial charge on any atom is 0.270 e. The highest BCUT2D eigenvalue weighted by atomic mass is 35.5. The predicted octanol–water partition coefficient (Wildman–Crippen LogP) is 2.27. The van der Waals surface area contributed by atoms with Gasteiger partial charge in [0.05, 0.1) is 0 Å². The molecule has 1 aromatic carbocycles. The Morgan fingerprint density at radius 2 is 2.09 bits per heavy atom. The molecule has 112 valence electrons. The lowest BCUT2D eigenvalue weighted by Gasteiger charge is -2.15. The van der Waals surface area contributed by atoms with Crippen LogP contribution in [-0.4, -0.2) is 26.2 Å². The number of H-pyrrole nitrogens is 1. The molecule has 2 heterocycles. The van der Waals surface area contributed by atoms with Gasteiger partial charge < -0.3 is 9.84 Å². The molecule has 7 nitrogen and oxygen atoms in total. The first-order chi connectivity index (χ1) is 10.6. The van der Waals surface area contributed by atoms with E-state index in [0.717, 1.165) is 5.56 Å². The van der Waals surface area contributed by atoms with E-state index in [2.05, 4.69) is 25.7 Å². The van der Waals surface area contributed by atoms with Crippen LogP contribution in [0.4, 0.5) is 0 Å². The van der Waals surface area contributed by atoms with E-state index in [1.54, 1.807) is 37.3 Å². The van der Waals surface area contributed by atoms with Gasteiger partial charge in [0, 0.05) is 18.1 Å². The van der Waals surface area contributed by atoms with Gasteiger partial charge in [-0.15, -0.1) is 0 Å². The molecule has 8 heteroatoms. The molecule has 0 aliphatic heterocycles. The predicted molar refractivity (Wildman–Crippen MR) is 78.4 cm³/mol. The van der Waals surface area contributed by atoms with E-state index in [-0.39, 0.29) is 5.91 Å². The number of amides is 1. The fraction of sp³-hybridized carbons (Fsp3) is 0.143. The monoisotopic (exact) mass is 317 g/mol. The van der Waals surface area contributed by atoms with Crippen LogP contribution in [0.2, 0.25) is 5.02 Å². The summed E-state index contributed by atoms with van der Waals surface area (Å²) in [6.07, 6.45) is 1.50. The average Bonchev–Trinajstić information content (AvgIpc) is 3.17. The number of halogens is 1. The van der Waals surface area contributed by atoms with Crippen molar-refractivity contribution in [2.24, 2.45) is 0 Å². The van der Waals surface area contributed by atoms with Crippen LogP contribution in [-0.2, 0) is 0 Å². The second kappa shape index (κ2) is 5.98. The van der Waals surface area contributed by atoms with Gasteiger partial charge in [-0.3, -0.25) is 9.89 Å². The largest absolute Gasteiger partial charge is 0.340 e. The Morgan fingerprint density at radius 3 is 2.68 bits per heavy atom. The van der Waals surface area contributed by atoms with E-state index < -0.39 is 6.04 Å². The van der Waals surface area contributed by atoms with Crippen molar-refractivity contribution in [3.63, 3.8) is 0 Å². The summed E-state index contributed by atoms with van der Waals surface area (Å²) in [6, 6.07) is 8.09. The lowest BCUT2D eigenvalue weighted by atomic mass is 10.1. The first-order valence-electron chi connectivity index (χ1n) is 6.49. The Bertz CT molecular complexity index is 767. The molecule has 3 aromatic rings. The van der Waals surface area contributed by atoms with Crippen molar-refractivity contribution in [3.05, 3.63) is 64.5 Å². The van der Waals surface area contributed by atoms with Crippen molar-refractivity contribution in [2.75, 3.05) is 0 Å². The number of rotatable bonds is 4. The SMILES string of the molecule is Cc1nc(C(NC(=O)c2ccn[nH]2)c2ccc(Cl)cc2)no1. The van der Waals surface area contributed by atoms with Crippen LogP contribution in [0.5, 0.6) is 0 Å². The molecule has 1 unspecified atom stereocenters. The third-order valence-corrected chi connectivity index (χ3v) is 3.28. The Kier molecular flexibility index (Phi) is 3.88. The van der Waals surface area contributed by atoms with Crippen LogP contribution >= 0.6 is 11.6 Å². The Labute approximate surface area is 130 Å². The number of aryl methyl sites for hydroxylation is 1. The van der Waals surface area contributed by atoms with E-state index in [0.29, 0.717) is 22.4 Å². The van der Waals surface area contributed by atoms with Gasteiger partial charge in [0.15, 0.2) is 5.82 Å². The third kappa shape index (κ3) is 2.99. The summed E-state index contributed by atoms with van der Waals surface area (Å²) in [5.74, 6) is 0.470. The normalized spacial score (nSPS) is 12.1. The number of hydrogen-bond acceptors (Lipinski definition) is 5. The van der Waals surface area contributed by atoms with Gasteiger partial charge in [0.25, 0.3) is 5.91 Å². The lowest BCUT2D eigenvalue weighted by molar-refractivity contribution is 0.0936. The van der Waals surface area contributed by atoms with Gasteiger partial charge in [-0.25, -0.2) is 0 Å². The first-order valence-corrected chi connectivity index (χ1v) is 6.87. The average molecular weight is 318 g/mol. The second-order valence-electron chi connectivity index (χ2n) is 4.60. The molecule has 0 saturated carbocycles.